The van der Waals surface area contributed by atoms with Gasteiger partial charge in [-0.2, -0.15) is 0 Å². The molecular formula is C16H15FN2. The van der Waals surface area contributed by atoms with Gasteiger partial charge in [0.2, 0.25) is 0 Å². The van der Waals surface area contributed by atoms with E-state index in [-0.39, 0.29) is 5.82 Å². The molecule has 1 heterocycles. The van der Waals surface area contributed by atoms with Crippen molar-refractivity contribution in [1.82, 2.24) is 9.55 Å². The molecule has 0 amide bonds. The minimum atomic E-state index is -0.219. The van der Waals surface area contributed by atoms with Crippen LogP contribution in [0, 0.1) is 5.82 Å². The fourth-order valence-corrected chi connectivity index (χ4v) is 2.37. The molecule has 0 spiro atoms. The van der Waals surface area contributed by atoms with Crippen LogP contribution in [0.4, 0.5) is 4.39 Å². The summed E-state index contributed by atoms with van der Waals surface area (Å²) in [6.45, 7) is 2.10. The SMILES string of the molecule is CCCc1nc2ccccc2n1-c1ccccc1F. The van der Waals surface area contributed by atoms with Crippen molar-refractivity contribution in [2.75, 3.05) is 0 Å². The lowest BCUT2D eigenvalue weighted by molar-refractivity contribution is 0.616. The third-order valence-corrected chi connectivity index (χ3v) is 3.20. The summed E-state index contributed by atoms with van der Waals surface area (Å²) < 4.78 is 16.0. The van der Waals surface area contributed by atoms with Crippen molar-refractivity contribution in [2.45, 2.75) is 19.8 Å². The number of nitrogens with zero attached hydrogens (tertiary/aromatic N) is 2. The Kier molecular flexibility index (Phi) is 3.03. The van der Waals surface area contributed by atoms with Gasteiger partial charge in [-0.3, -0.25) is 4.57 Å². The number of imidazole rings is 1. The van der Waals surface area contributed by atoms with Crippen molar-refractivity contribution < 1.29 is 4.39 Å². The molecule has 0 aliphatic carbocycles. The number of halogens is 1. The highest BCUT2D eigenvalue weighted by Gasteiger charge is 2.13. The first-order valence-electron chi connectivity index (χ1n) is 6.52. The highest BCUT2D eigenvalue weighted by Crippen LogP contribution is 2.23. The quantitative estimate of drug-likeness (QED) is 0.687. The Bertz CT molecular complexity index is 716. The zero-order valence-corrected chi connectivity index (χ0v) is 10.8. The van der Waals surface area contributed by atoms with E-state index in [4.69, 9.17) is 0 Å². The van der Waals surface area contributed by atoms with Crippen molar-refractivity contribution in [3.8, 4) is 5.69 Å². The number of para-hydroxylation sites is 3. The van der Waals surface area contributed by atoms with Crippen molar-refractivity contribution in [1.29, 1.82) is 0 Å². The van der Waals surface area contributed by atoms with Crippen molar-refractivity contribution in [3.63, 3.8) is 0 Å². The van der Waals surface area contributed by atoms with Crippen LogP contribution in [0.3, 0.4) is 0 Å². The number of aryl methyl sites for hydroxylation is 1. The van der Waals surface area contributed by atoms with E-state index in [1.165, 1.54) is 6.07 Å². The summed E-state index contributed by atoms with van der Waals surface area (Å²) in [5.41, 5.74) is 2.44. The van der Waals surface area contributed by atoms with Gasteiger partial charge in [-0.25, -0.2) is 9.37 Å². The molecule has 96 valence electrons. The second kappa shape index (κ2) is 4.84. The van der Waals surface area contributed by atoms with Crippen LogP contribution in [0.25, 0.3) is 16.7 Å². The van der Waals surface area contributed by atoms with E-state index < -0.39 is 0 Å². The van der Waals surface area contributed by atoms with Gasteiger partial charge in [0.15, 0.2) is 0 Å². The van der Waals surface area contributed by atoms with Gasteiger partial charge in [-0.05, 0) is 30.7 Å². The minimum Gasteiger partial charge on any atom is -0.293 e. The van der Waals surface area contributed by atoms with Gasteiger partial charge in [-0.15, -0.1) is 0 Å². The Morgan fingerprint density at radius 1 is 1.05 bits per heavy atom. The molecule has 0 atom stereocenters. The van der Waals surface area contributed by atoms with E-state index in [2.05, 4.69) is 11.9 Å². The first-order valence-corrected chi connectivity index (χ1v) is 6.52. The van der Waals surface area contributed by atoms with Gasteiger partial charge in [0.05, 0.1) is 16.7 Å². The molecule has 2 aromatic carbocycles. The second-order valence-electron chi connectivity index (χ2n) is 4.55. The van der Waals surface area contributed by atoms with E-state index >= 15 is 0 Å². The monoisotopic (exact) mass is 254 g/mol. The Morgan fingerprint density at radius 2 is 1.79 bits per heavy atom. The average molecular weight is 254 g/mol. The first kappa shape index (κ1) is 11.9. The van der Waals surface area contributed by atoms with Gasteiger partial charge in [0.25, 0.3) is 0 Å². The van der Waals surface area contributed by atoms with Gasteiger partial charge >= 0.3 is 0 Å². The van der Waals surface area contributed by atoms with Crippen LogP contribution in [0.15, 0.2) is 48.5 Å². The van der Waals surface area contributed by atoms with Crippen LogP contribution >= 0.6 is 0 Å². The lowest BCUT2D eigenvalue weighted by atomic mass is 10.2. The van der Waals surface area contributed by atoms with Crippen LogP contribution in [0.2, 0.25) is 0 Å². The number of benzene rings is 2. The van der Waals surface area contributed by atoms with Gasteiger partial charge in [0, 0.05) is 6.42 Å². The normalized spacial score (nSPS) is 11.1. The molecule has 0 fully saturated rings. The van der Waals surface area contributed by atoms with Crippen LogP contribution < -0.4 is 0 Å². The zero-order chi connectivity index (χ0) is 13.2. The summed E-state index contributed by atoms with van der Waals surface area (Å²) in [6.07, 6.45) is 1.82. The van der Waals surface area contributed by atoms with Crippen molar-refractivity contribution in [3.05, 3.63) is 60.2 Å². The molecule has 0 N–H and O–H groups in total. The fraction of sp³-hybridized carbons (Fsp3) is 0.188. The lowest BCUT2D eigenvalue weighted by Gasteiger charge is -2.09. The smallest absolute Gasteiger partial charge is 0.147 e. The molecule has 3 rings (SSSR count). The summed E-state index contributed by atoms with van der Waals surface area (Å²) in [5.74, 6) is 0.691. The minimum absolute atomic E-state index is 0.219. The predicted octanol–water partition coefficient (Wildman–Crippen LogP) is 4.12. The average Bonchev–Trinajstić information content (AvgIpc) is 2.78. The summed E-state index contributed by atoms with van der Waals surface area (Å²) in [4.78, 5) is 4.62. The Labute approximate surface area is 111 Å². The maximum absolute atomic E-state index is 14.1. The second-order valence-corrected chi connectivity index (χ2v) is 4.55. The molecule has 0 aliphatic rings. The highest BCUT2D eigenvalue weighted by molar-refractivity contribution is 5.78. The fourth-order valence-electron chi connectivity index (χ4n) is 2.37. The Morgan fingerprint density at radius 3 is 2.58 bits per heavy atom. The summed E-state index contributed by atoms with van der Waals surface area (Å²) in [6, 6.07) is 14.7. The molecule has 0 aliphatic heterocycles. The van der Waals surface area contributed by atoms with Gasteiger partial charge < -0.3 is 0 Å². The van der Waals surface area contributed by atoms with Crippen molar-refractivity contribution >= 4 is 11.0 Å². The molecule has 0 saturated carbocycles. The summed E-state index contributed by atoms with van der Waals surface area (Å²) in [5, 5.41) is 0. The number of fused-ring (bicyclic) bond motifs is 1. The lowest BCUT2D eigenvalue weighted by Crippen LogP contribution is -2.03. The zero-order valence-electron chi connectivity index (χ0n) is 10.8. The molecule has 19 heavy (non-hydrogen) atoms. The Balaban J connectivity index is 2.31. The van der Waals surface area contributed by atoms with Crippen LogP contribution in [0.5, 0.6) is 0 Å². The molecular weight excluding hydrogens is 239 g/mol. The molecule has 3 aromatic rings. The third-order valence-electron chi connectivity index (χ3n) is 3.20. The number of hydrogen-bond acceptors (Lipinski definition) is 1. The van der Waals surface area contributed by atoms with E-state index in [1.54, 1.807) is 12.1 Å². The highest BCUT2D eigenvalue weighted by atomic mass is 19.1. The van der Waals surface area contributed by atoms with E-state index in [1.807, 2.05) is 34.9 Å². The summed E-state index contributed by atoms with van der Waals surface area (Å²) in [7, 11) is 0. The van der Waals surface area contributed by atoms with Crippen LogP contribution in [0.1, 0.15) is 19.2 Å². The van der Waals surface area contributed by atoms with E-state index in [0.29, 0.717) is 5.69 Å². The van der Waals surface area contributed by atoms with E-state index in [0.717, 1.165) is 29.7 Å². The molecule has 0 radical (unpaired) electrons. The molecule has 0 bridgehead atoms. The predicted molar refractivity (Wildman–Crippen MR) is 75.0 cm³/mol. The van der Waals surface area contributed by atoms with Crippen LogP contribution in [-0.2, 0) is 6.42 Å². The van der Waals surface area contributed by atoms with Gasteiger partial charge in [0.1, 0.15) is 11.6 Å². The molecule has 0 saturated heterocycles. The number of aromatic nitrogens is 2. The number of rotatable bonds is 3. The maximum atomic E-state index is 14.1. The standard InChI is InChI=1S/C16H15FN2/c1-2-7-16-18-13-9-4-6-11-15(13)19(16)14-10-5-3-8-12(14)17/h3-6,8-11H,2,7H2,1H3. The first-order chi connectivity index (χ1) is 9.31. The molecule has 0 unspecified atom stereocenters. The maximum Gasteiger partial charge on any atom is 0.147 e. The summed E-state index contributed by atoms with van der Waals surface area (Å²) >= 11 is 0. The van der Waals surface area contributed by atoms with Gasteiger partial charge in [-0.1, -0.05) is 31.2 Å². The van der Waals surface area contributed by atoms with Crippen molar-refractivity contribution in [2.24, 2.45) is 0 Å². The molecule has 3 heteroatoms. The van der Waals surface area contributed by atoms with E-state index in [9.17, 15) is 4.39 Å². The molecule has 1 aromatic heterocycles. The number of hydrogen-bond donors (Lipinski definition) is 0. The topological polar surface area (TPSA) is 17.8 Å². The molecule has 2 nitrogen and oxygen atoms in total. The third kappa shape index (κ3) is 2.01. The largest absolute Gasteiger partial charge is 0.293 e. The van der Waals surface area contributed by atoms with Crippen LogP contribution in [-0.4, -0.2) is 9.55 Å². The Hall–Kier alpha value is -2.16.